The third-order valence-corrected chi connectivity index (χ3v) is 6.60. The Morgan fingerprint density at radius 3 is 2.55 bits per heavy atom. The van der Waals surface area contributed by atoms with E-state index in [1.165, 1.54) is 4.57 Å². The van der Waals surface area contributed by atoms with Crippen molar-refractivity contribution < 1.29 is 17.9 Å². The van der Waals surface area contributed by atoms with Crippen molar-refractivity contribution in [3.05, 3.63) is 59.3 Å². The van der Waals surface area contributed by atoms with Crippen LogP contribution in [-0.2, 0) is 16.4 Å². The fraction of sp³-hybridized carbons (Fsp3) is 0.238. The van der Waals surface area contributed by atoms with Crippen LogP contribution in [0.4, 0.5) is 5.69 Å². The number of hydrogen-bond donors (Lipinski definition) is 1. The van der Waals surface area contributed by atoms with Gasteiger partial charge in [-0.1, -0.05) is 12.1 Å². The molecule has 150 valence electrons. The van der Waals surface area contributed by atoms with Crippen LogP contribution in [0.5, 0.6) is 5.75 Å². The van der Waals surface area contributed by atoms with Gasteiger partial charge in [0, 0.05) is 17.8 Å². The lowest BCUT2D eigenvalue weighted by Gasteiger charge is -2.12. The number of anilines is 1. The number of nitrogens with zero attached hydrogens (tertiary/aromatic N) is 2. The second-order valence-corrected chi connectivity index (χ2v) is 9.07. The van der Waals surface area contributed by atoms with Gasteiger partial charge in [0.1, 0.15) is 17.1 Å². The summed E-state index contributed by atoms with van der Waals surface area (Å²) in [6, 6.07) is 12.8. The first-order valence-corrected chi connectivity index (χ1v) is 10.8. The predicted octanol–water partition coefficient (Wildman–Crippen LogP) is 3.22. The van der Waals surface area contributed by atoms with Crippen LogP contribution in [0.25, 0.3) is 11.3 Å². The van der Waals surface area contributed by atoms with Crippen molar-refractivity contribution in [1.29, 1.82) is 0 Å². The smallest absolute Gasteiger partial charge is 0.274 e. The quantitative estimate of drug-likeness (QED) is 0.712. The molecule has 0 radical (unpaired) electrons. The van der Waals surface area contributed by atoms with Gasteiger partial charge in [0.25, 0.3) is 5.91 Å². The third-order valence-electron chi connectivity index (χ3n) is 5.01. The van der Waals surface area contributed by atoms with Crippen molar-refractivity contribution in [3.63, 3.8) is 0 Å². The van der Waals surface area contributed by atoms with Gasteiger partial charge in [0.2, 0.25) is 15.0 Å². The molecular formula is C21H21N3O4S. The Bertz CT molecular complexity index is 1210. The number of aromatic nitrogens is 2. The van der Waals surface area contributed by atoms with Crippen LogP contribution >= 0.6 is 0 Å². The number of nitrogens with one attached hydrogen (secondary N) is 1. The van der Waals surface area contributed by atoms with E-state index < -0.39 is 9.84 Å². The molecule has 2 aromatic carbocycles. The standard InChI is InChI=1S/C21H21N3O4S/c1-13-4-5-14(2)17(12-13)22-20(25)19-18(15-6-8-16(28-3)9-7-15)23-21-24(19)10-11-29(21,26)27/h4-9,12H,10-11H2,1-3H3,(H,22,25). The van der Waals surface area contributed by atoms with Crippen LogP contribution in [0.3, 0.4) is 0 Å². The summed E-state index contributed by atoms with van der Waals surface area (Å²) in [6.45, 7) is 4.06. The Morgan fingerprint density at radius 1 is 1.14 bits per heavy atom. The maximum Gasteiger partial charge on any atom is 0.274 e. The molecule has 0 saturated carbocycles. The molecule has 0 spiro atoms. The van der Waals surface area contributed by atoms with E-state index in [1.807, 2.05) is 32.0 Å². The predicted molar refractivity (Wildman–Crippen MR) is 110 cm³/mol. The highest BCUT2D eigenvalue weighted by Gasteiger charge is 2.35. The molecule has 1 N–H and O–H groups in total. The summed E-state index contributed by atoms with van der Waals surface area (Å²) >= 11 is 0. The van der Waals surface area contributed by atoms with Gasteiger partial charge >= 0.3 is 0 Å². The average molecular weight is 411 g/mol. The molecule has 2 heterocycles. The van der Waals surface area contributed by atoms with Crippen molar-refractivity contribution in [2.75, 3.05) is 18.2 Å². The number of aryl methyl sites for hydroxylation is 2. The first-order chi connectivity index (χ1) is 13.8. The van der Waals surface area contributed by atoms with Gasteiger partial charge in [-0.3, -0.25) is 4.79 Å². The third kappa shape index (κ3) is 3.40. The highest BCUT2D eigenvalue weighted by molar-refractivity contribution is 7.91. The minimum atomic E-state index is -3.50. The molecule has 0 unspecified atom stereocenters. The number of carbonyl (C=O) groups is 1. The largest absolute Gasteiger partial charge is 0.497 e. The van der Waals surface area contributed by atoms with Crippen molar-refractivity contribution >= 4 is 21.4 Å². The van der Waals surface area contributed by atoms with Gasteiger partial charge in [-0.2, -0.15) is 0 Å². The summed E-state index contributed by atoms with van der Waals surface area (Å²) in [5.41, 5.74) is 3.85. The van der Waals surface area contributed by atoms with Crippen molar-refractivity contribution in [3.8, 4) is 17.0 Å². The molecule has 7 nitrogen and oxygen atoms in total. The van der Waals surface area contributed by atoms with E-state index in [1.54, 1.807) is 31.4 Å². The van der Waals surface area contributed by atoms with E-state index in [9.17, 15) is 13.2 Å². The topological polar surface area (TPSA) is 90.3 Å². The van der Waals surface area contributed by atoms with E-state index in [4.69, 9.17) is 4.74 Å². The molecule has 0 atom stereocenters. The molecule has 0 bridgehead atoms. The summed E-state index contributed by atoms with van der Waals surface area (Å²) < 4.78 is 31.5. The Labute approximate surface area is 169 Å². The summed E-state index contributed by atoms with van der Waals surface area (Å²) in [5.74, 6) is 0.219. The highest BCUT2D eigenvalue weighted by Crippen LogP contribution is 2.32. The van der Waals surface area contributed by atoms with Crippen LogP contribution in [-0.4, -0.2) is 36.7 Å². The molecule has 4 rings (SSSR count). The second-order valence-electron chi connectivity index (χ2n) is 7.06. The molecule has 1 aliphatic heterocycles. The number of ether oxygens (including phenoxy) is 1. The molecule has 3 aromatic rings. The van der Waals surface area contributed by atoms with Gasteiger partial charge in [-0.05, 0) is 55.3 Å². The maximum atomic E-state index is 13.2. The molecule has 1 amide bonds. The number of amides is 1. The average Bonchev–Trinajstić information content (AvgIpc) is 3.22. The van der Waals surface area contributed by atoms with Crippen LogP contribution in [0.15, 0.2) is 47.6 Å². The lowest BCUT2D eigenvalue weighted by Crippen LogP contribution is -2.18. The van der Waals surface area contributed by atoms with E-state index in [0.717, 1.165) is 11.1 Å². The van der Waals surface area contributed by atoms with Crippen LogP contribution in [0.2, 0.25) is 0 Å². The summed E-state index contributed by atoms with van der Waals surface area (Å²) in [7, 11) is -1.94. The molecule has 1 aromatic heterocycles. The maximum absolute atomic E-state index is 13.2. The summed E-state index contributed by atoms with van der Waals surface area (Å²) in [6.07, 6.45) is 0. The lowest BCUT2D eigenvalue weighted by atomic mass is 10.1. The van der Waals surface area contributed by atoms with E-state index in [0.29, 0.717) is 22.7 Å². The van der Waals surface area contributed by atoms with E-state index >= 15 is 0 Å². The minimum absolute atomic E-state index is 0.0536. The lowest BCUT2D eigenvalue weighted by molar-refractivity contribution is 0.101. The first kappa shape index (κ1) is 19.2. The van der Waals surface area contributed by atoms with Gasteiger partial charge in [-0.25, -0.2) is 13.4 Å². The Morgan fingerprint density at radius 2 is 1.86 bits per heavy atom. The minimum Gasteiger partial charge on any atom is -0.497 e. The van der Waals surface area contributed by atoms with Gasteiger partial charge < -0.3 is 14.6 Å². The van der Waals surface area contributed by atoms with Gasteiger partial charge in [-0.15, -0.1) is 0 Å². The van der Waals surface area contributed by atoms with Crippen LogP contribution in [0, 0.1) is 13.8 Å². The summed E-state index contributed by atoms with van der Waals surface area (Å²) in [4.78, 5) is 17.6. The first-order valence-electron chi connectivity index (χ1n) is 9.16. The van der Waals surface area contributed by atoms with E-state index in [-0.39, 0.29) is 29.1 Å². The zero-order valence-corrected chi connectivity index (χ0v) is 17.2. The van der Waals surface area contributed by atoms with Gasteiger partial charge in [0.15, 0.2) is 0 Å². The summed E-state index contributed by atoms with van der Waals surface area (Å²) in [5, 5.41) is 2.86. The molecule has 29 heavy (non-hydrogen) atoms. The normalized spacial score (nSPS) is 14.4. The number of carbonyl (C=O) groups excluding carboxylic acids is 1. The Kier molecular flexibility index (Phi) is 4.66. The SMILES string of the molecule is COc1ccc(-c2nc3n(c2C(=O)Nc2cc(C)ccc2C)CCS3(=O)=O)cc1. The monoisotopic (exact) mass is 411 g/mol. The van der Waals surface area contributed by atoms with Gasteiger partial charge in [0.05, 0.1) is 12.9 Å². The fourth-order valence-corrected chi connectivity index (χ4v) is 4.77. The molecule has 0 saturated heterocycles. The zero-order valence-electron chi connectivity index (χ0n) is 16.4. The number of rotatable bonds is 4. The second kappa shape index (κ2) is 7.04. The van der Waals surface area contributed by atoms with Crippen molar-refractivity contribution in [1.82, 2.24) is 9.55 Å². The molecular weight excluding hydrogens is 390 g/mol. The molecule has 8 heteroatoms. The number of benzene rings is 2. The zero-order chi connectivity index (χ0) is 20.8. The highest BCUT2D eigenvalue weighted by atomic mass is 32.2. The Balaban J connectivity index is 1.82. The number of methoxy groups -OCH3 is 1. The fourth-order valence-electron chi connectivity index (χ4n) is 3.41. The Hall–Kier alpha value is -3.13. The molecule has 0 fully saturated rings. The van der Waals surface area contributed by atoms with E-state index in [2.05, 4.69) is 10.3 Å². The van der Waals surface area contributed by atoms with Crippen molar-refractivity contribution in [2.45, 2.75) is 25.5 Å². The number of hydrogen-bond acceptors (Lipinski definition) is 5. The number of sulfone groups is 1. The number of imidazole rings is 1. The number of fused-ring (bicyclic) bond motifs is 1. The van der Waals surface area contributed by atoms with Crippen LogP contribution in [0.1, 0.15) is 21.6 Å². The van der Waals surface area contributed by atoms with Crippen LogP contribution < -0.4 is 10.1 Å². The van der Waals surface area contributed by atoms with Crippen molar-refractivity contribution in [2.24, 2.45) is 0 Å². The molecule has 0 aliphatic carbocycles. The molecule has 1 aliphatic rings.